The van der Waals surface area contributed by atoms with Crippen LogP contribution in [-0.4, -0.2) is 25.4 Å². The van der Waals surface area contributed by atoms with Gasteiger partial charge in [0.2, 0.25) is 0 Å². The summed E-state index contributed by atoms with van der Waals surface area (Å²) in [6.07, 6.45) is 1.90. The number of rotatable bonds is 5. The first-order valence-electron chi connectivity index (χ1n) is 7.63. The zero-order valence-electron chi connectivity index (χ0n) is 13.0. The van der Waals surface area contributed by atoms with Gasteiger partial charge in [-0.3, -0.25) is 0 Å². The lowest BCUT2D eigenvalue weighted by Gasteiger charge is -2.11. The van der Waals surface area contributed by atoms with Gasteiger partial charge in [-0.25, -0.2) is 0 Å². The Morgan fingerprint density at radius 3 is 2.70 bits per heavy atom. The van der Waals surface area contributed by atoms with Crippen LogP contribution in [0.5, 0.6) is 0 Å². The fourth-order valence-electron chi connectivity index (χ4n) is 2.85. The fourth-order valence-corrected chi connectivity index (χ4v) is 3.48. The lowest BCUT2D eigenvalue weighted by atomic mass is 10.1. The summed E-state index contributed by atoms with van der Waals surface area (Å²) in [6, 6.07) is 12.9. The summed E-state index contributed by atoms with van der Waals surface area (Å²) in [5.41, 5.74) is 6.38. The first-order valence-corrected chi connectivity index (χ1v) is 8.83. The van der Waals surface area contributed by atoms with E-state index in [4.69, 9.17) is 17.0 Å². The Kier molecular flexibility index (Phi) is 5.30. The van der Waals surface area contributed by atoms with E-state index in [0.717, 1.165) is 36.2 Å². The van der Waals surface area contributed by atoms with E-state index in [1.54, 1.807) is 7.11 Å². The monoisotopic (exact) mass is 390 g/mol. The Morgan fingerprint density at radius 1 is 1.17 bits per heavy atom. The van der Waals surface area contributed by atoms with Crippen molar-refractivity contribution in [1.82, 2.24) is 5.32 Å². The molecule has 2 aromatic carbocycles. The molecule has 1 aliphatic carbocycles. The quantitative estimate of drug-likeness (QED) is 0.501. The van der Waals surface area contributed by atoms with Gasteiger partial charge in [0.05, 0.1) is 0 Å². The van der Waals surface area contributed by atoms with E-state index in [-0.39, 0.29) is 0 Å². The number of ether oxygens (including phenoxy) is 1. The van der Waals surface area contributed by atoms with Crippen LogP contribution in [0.1, 0.15) is 17.5 Å². The van der Waals surface area contributed by atoms with Gasteiger partial charge in [-0.05, 0) is 71.6 Å². The molecule has 3 rings (SSSR count). The van der Waals surface area contributed by atoms with Crippen LogP contribution < -0.4 is 10.6 Å². The van der Waals surface area contributed by atoms with Crippen LogP contribution in [0.2, 0.25) is 0 Å². The molecule has 3 nitrogen and oxygen atoms in total. The van der Waals surface area contributed by atoms with Crippen LogP contribution in [0.15, 0.2) is 40.9 Å². The minimum Gasteiger partial charge on any atom is -0.385 e. The molecule has 0 aliphatic heterocycles. The average Bonchev–Trinajstić information content (AvgIpc) is 2.88. The van der Waals surface area contributed by atoms with E-state index in [1.807, 2.05) is 0 Å². The Morgan fingerprint density at radius 2 is 1.91 bits per heavy atom. The molecule has 0 radical (unpaired) electrons. The molecule has 0 atom stereocenters. The van der Waals surface area contributed by atoms with Crippen LogP contribution in [-0.2, 0) is 11.2 Å². The molecular formula is C18H19BrN2OS. The zero-order chi connectivity index (χ0) is 16.2. The summed E-state index contributed by atoms with van der Waals surface area (Å²) < 4.78 is 6.15. The highest BCUT2D eigenvalue weighted by Gasteiger charge is 2.18. The first-order chi connectivity index (χ1) is 11.2. The number of anilines is 1. The molecule has 0 amide bonds. The van der Waals surface area contributed by atoms with Crippen molar-refractivity contribution in [3.63, 3.8) is 0 Å². The van der Waals surface area contributed by atoms with E-state index < -0.39 is 0 Å². The summed E-state index contributed by atoms with van der Waals surface area (Å²) in [5.74, 6) is 0. The number of hydrogen-bond acceptors (Lipinski definition) is 2. The van der Waals surface area contributed by atoms with E-state index in [0.29, 0.717) is 5.11 Å². The minimum atomic E-state index is 0.652. The molecule has 120 valence electrons. The van der Waals surface area contributed by atoms with Crippen molar-refractivity contribution < 1.29 is 4.74 Å². The maximum atomic E-state index is 5.33. The highest BCUT2D eigenvalue weighted by Crippen LogP contribution is 2.38. The third kappa shape index (κ3) is 3.91. The van der Waals surface area contributed by atoms with Crippen LogP contribution in [0.25, 0.3) is 11.1 Å². The minimum absolute atomic E-state index is 0.652. The van der Waals surface area contributed by atoms with Crippen molar-refractivity contribution in [2.24, 2.45) is 0 Å². The second-order valence-electron chi connectivity index (χ2n) is 5.58. The van der Waals surface area contributed by atoms with Crippen molar-refractivity contribution in [2.45, 2.75) is 12.8 Å². The van der Waals surface area contributed by atoms with Gasteiger partial charge in [0.15, 0.2) is 5.11 Å². The van der Waals surface area contributed by atoms with E-state index in [2.05, 4.69) is 63.0 Å². The number of methoxy groups -OCH3 is 1. The normalized spacial score (nSPS) is 11.7. The first kappa shape index (κ1) is 16.4. The van der Waals surface area contributed by atoms with Crippen LogP contribution >= 0.6 is 28.1 Å². The summed E-state index contributed by atoms with van der Waals surface area (Å²) in [6.45, 7) is 1.55. The Balaban J connectivity index is 1.65. The van der Waals surface area contributed by atoms with Crippen molar-refractivity contribution in [1.29, 1.82) is 0 Å². The second-order valence-corrected chi connectivity index (χ2v) is 6.90. The van der Waals surface area contributed by atoms with Crippen molar-refractivity contribution >= 4 is 38.9 Å². The van der Waals surface area contributed by atoms with Crippen LogP contribution in [0, 0.1) is 0 Å². The molecule has 5 heteroatoms. The van der Waals surface area contributed by atoms with Gasteiger partial charge in [0.1, 0.15) is 0 Å². The van der Waals surface area contributed by atoms with Crippen molar-refractivity contribution in [3.8, 4) is 11.1 Å². The molecule has 0 heterocycles. The molecule has 0 unspecified atom stereocenters. The summed E-state index contributed by atoms with van der Waals surface area (Å²) >= 11 is 8.88. The summed E-state index contributed by atoms with van der Waals surface area (Å²) in [5, 5.41) is 7.10. The molecule has 0 spiro atoms. The van der Waals surface area contributed by atoms with Gasteiger partial charge >= 0.3 is 0 Å². The average molecular weight is 391 g/mol. The largest absolute Gasteiger partial charge is 0.385 e. The van der Waals surface area contributed by atoms with E-state index >= 15 is 0 Å². The SMILES string of the molecule is COCCCNC(=S)Nc1ccc2c(c1)Cc1cc(Br)ccc1-2. The number of halogens is 1. The zero-order valence-corrected chi connectivity index (χ0v) is 15.4. The van der Waals surface area contributed by atoms with Crippen molar-refractivity contribution in [3.05, 3.63) is 52.0 Å². The van der Waals surface area contributed by atoms with Crippen LogP contribution in [0.4, 0.5) is 5.69 Å². The van der Waals surface area contributed by atoms with Gasteiger partial charge in [-0.1, -0.05) is 28.1 Å². The van der Waals surface area contributed by atoms with Gasteiger partial charge in [-0.15, -0.1) is 0 Å². The number of thiocarbonyl (C=S) groups is 1. The topological polar surface area (TPSA) is 33.3 Å². The highest BCUT2D eigenvalue weighted by atomic mass is 79.9. The number of hydrogen-bond donors (Lipinski definition) is 2. The molecule has 0 aromatic heterocycles. The van der Waals surface area contributed by atoms with Gasteiger partial charge in [-0.2, -0.15) is 0 Å². The lowest BCUT2D eigenvalue weighted by Crippen LogP contribution is -2.29. The molecule has 23 heavy (non-hydrogen) atoms. The molecule has 0 saturated carbocycles. The number of benzene rings is 2. The molecule has 0 fully saturated rings. The maximum absolute atomic E-state index is 5.33. The number of fused-ring (bicyclic) bond motifs is 3. The molecule has 2 N–H and O–H groups in total. The van der Waals surface area contributed by atoms with Gasteiger partial charge in [0.25, 0.3) is 0 Å². The van der Waals surface area contributed by atoms with Crippen LogP contribution in [0.3, 0.4) is 0 Å². The van der Waals surface area contributed by atoms with E-state index in [1.165, 1.54) is 22.3 Å². The standard InChI is InChI=1S/C18H19BrN2OS/c1-22-8-2-7-20-18(23)21-15-4-6-17-13(11-15)9-12-10-14(19)3-5-16(12)17/h3-6,10-11H,2,7-9H2,1H3,(H2,20,21,23). The Labute approximate surface area is 150 Å². The lowest BCUT2D eigenvalue weighted by molar-refractivity contribution is 0.196. The Bertz CT molecular complexity index is 733. The molecule has 2 aromatic rings. The highest BCUT2D eigenvalue weighted by molar-refractivity contribution is 9.10. The second kappa shape index (κ2) is 7.43. The molecule has 0 saturated heterocycles. The third-order valence-electron chi connectivity index (χ3n) is 3.91. The van der Waals surface area contributed by atoms with Crippen molar-refractivity contribution in [2.75, 3.05) is 25.6 Å². The predicted octanol–water partition coefficient (Wildman–Crippen LogP) is 4.34. The number of nitrogens with one attached hydrogen (secondary N) is 2. The third-order valence-corrected chi connectivity index (χ3v) is 4.65. The van der Waals surface area contributed by atoms with Gasteiger partial charge < -0.3 is 15.4 Å². The van der Waals surface area contributed by atoms with E-state index in [9.17, 15) is 0 Å². The fraction of sp³-hybridized carbons (Fsp3) is 0.278. The molecule has 0 bridgehead atoms. The maximum Gasteiger partial charge on any atom is 0.170 e. The Hall–Kier alpha value is -1.43. The molecular weight excluding hydrogens is 372 g/mol. The predicted molar refractivity (Wildman–Crippen MR) is 103 cm³/mol. The summed E-state index contributed by atoms with van der Waals surface area (Å²) in [7, 11) is 1.71. The van der Waals surface area contributed by atoms with Gasteiger partial charge in [0, 0.05) is 30.4 Å². The summed E-state index contributed by atoms with van der Waals surface area (Å²) in [4.78, 5) is 0. The molecule has 1 aliphatic rings. The smallest absolute Gasteiger partial charge is 0.170 e.